The van der Waals surface area contributed by atoms with Gasteiger partial charge < -0.3 is 19.7 Å². The quantitative estimate of drug-likeness (QED) is 0.646. The molecule has 2 aromatic carbocycles. The van der Waals surface area contributed by atoms with Crippen LogP contribution in [0.25, 0.3) is 0 Å². The molecular weight excluding hydrogens is 380 g/mol. The van der Waals surface area contributed by atoms with Gasteiger partial charge in [0, 0.05) is 12.6 Å². The highest BCUT2D eigenvalue weighted by molar-refractivity contribution is 5.88. The lowest BCUT2D eigenvalue weighted by molar-refractivity contribution is -0.142. The van der Waals surface area contributed by atoms with Crippen molar-refractivity contribution < 1.29 is 19.1 Å². The molecule has 162 valence electrons. The maximum absolute atomic E-state index is 13.0. The van der Waals surface area contributed by atoms with Gasteiger partial charge in [-0.25, -0.2) is 0 Å². The fourth-order valence-electron chi connectivity index (χ4n) is 2.91. The van der Waals surface area contributed by atoms with Crippen molar-refractivity contribution in [3.05, 3.63) is 59.7 Å². The Morgan fingerprint density at radius 3 is 2.37 bits per heavy atom. The molecule has 2 rings (SSSR count). The summed E-state index contributed by atoms with van der Waals surface area (Å²) >= 11 is 0. The second-order valence-electron chi connectivity index (χ2n) is 7.47. The Morgan fingerprint density at radius 1 is 1.07 bits per heavy atom. The second kappa shape index (κ2) is 11.2. The van der Waals surface area contributed by atoms with Crippen molar-refractivity contribution in [3.8, 4) is 11.5 Å². The average Bonchev–Trinajstić information content (AvgIpc) is 2.75. The summed E-state index contributed by atoms with van der Waals surface area (Å²) in [5.74, 6) is 0.937. The molecule has 0 aliphatic carbocycles. The molecule has 0 unspecified atom stereocenters. The molecule has 0 aliphatic rings. The van der Waals surface area contributed by atoms with Crippen LogP contribution in [-0.4, -0.2) is 42.5 Å². The molecule has 2 aromatic rings. The molecule has 6 heteroatoms. The molecule has 0 bridgehead atoms. The van der Waals surface area contributed by atoms with E-state index in [1.54, 1.807) is 18.9 Å². The predicted octanol–water partition coefficient (Wildman–Crippen LogP) is 3.71. The van der Waals surface area contributed by atoms with Gasteiger partial charge in [0.25, 0.3) is 5.91 Å². The van der Waals surface area contributed by atoms with Crippen molar-refractivity contribution in [2.24, 2.45) is 0 Å². The summed E-state index contributed by atoms with van der Waals surface area (Å²) in [4.78, 5) is 27.3. The van der Waals surface area contributed by atoms with Crippen LogP contribution < -0.4 is 14.8 Å². The Morgan fingerprint density at radius 2 is 1.77 bits per heavy atom. The molecule has 2 atom stereocenters. The Kier molecular flexibility index (Phi) is 8.71. The standard InChI is InChI=1S/C24H32N2O4/c1-6-18(3)25-24(28)19(4)26(15-20-10-12-21(29-5)13-11-20)23(27)16-30-22-9-7-8-17(2)14-22/h7-14,18-19H,6,15-16H2,1-5H3,(H,25,28)/t18-,19-/m0/s1. The molecular formula is C24H32N2O4. The van der Waals surface area contributed by atoms with E-state index in [2.05, 4.69) is 5.32 Å². The monoisotopic (exact) mass is 412 g/mol. The van der Waals surface area contributed by atoms with E-state index < -0.39 is 6.04 Å². The van der Waals surface area contributed by atoms with Crippen molar-refractivity contribution in [2.45, 2.75) is 52.7 Å². The molecule has 1 N–H and O–H groups in total. The lowest BCUT2D eigenvalue weighted by Crippen LogP contribution is -2.50. The highest BCUT2D eigenvalue weighted by Gasteiger charge is 2.27. The molecule has 0 saturated carbocycles. The number of carbonyl (C=O) groups excluding carboxylic acids is 2. The number of carbonyl (C=O) groups is 2. The van der Waals surface area contributed by atoms with Crippen LogP contribution in [0.1, 0.15) is 38.3 Å². The largest absolute Gasteiger partial charge is 0.497 e. The first-order valence-electron chi connectivity index (χ1n) is 10.3. The van der Waals surface area contributed by atoms with Crippen molar-refractivity contribution in [3.63, 3.8) is 0 Å². The van der Waals surface area contributed by atoms with E-state index in [4.69, 9.17) is 9.47 Å². The van der Waals surface area contributed by atoms with Crippen LogP contribution in [0.3, 0.4) is 0 Å². The zero-order chi connectivity index (χ0) is 22.1. The number of rotatable bonds is 10. The number of methoxy groups -OCH3 is 1. The topological polar surface area (TPSA) is 67.9 Å². The van der Waals surface area contributed by atoms with E-state index in [0.29, 0.717) is 12.3 Å². The molecule has 0 radical (unpaired) electrons. The summed E-state index contributed by atoms with van der Waals surface area (Å²) in [5, 5.41) is 2.96. The maximum atomic E-state index is 13.0. The highest BCUT2D eigenvalue weighted by Crippen LogP contribution is 2.16. The van der Waals surface area contributed by atoms with E-state index in [9.17, 15) is 9.59 Å². The van der Waals surface area contributed by atoms with E-state index in [1.165, 1.54) is 0 Å². The Labute approximate surface area is 179 Å². The van der Waals surface area contributed by atoms with Gasteiger partial charge in [0.1, 0.15) is 17.5 Å². The van der Waals surface area contributed by atoms with Crippen LogP contribution in [0.4, 0.5) is 0 Å². The lowest BCUT2D eigenvalue weighted by Gasteiger charge is -2.29. The minimum absolute atomic E-state index is 0.0430. The van der Waals surface area contributed by atoms with Gasteiger partial charge in [0.05, 0.1) is 7.11 Å². The molecule has 2 amide bonds. The van der Waals surface area contributed by atoms with Gasteiger partial charge in [-0.3, -0.25) is 9.59 Å². The Hall–Kier alpha value is -3.02. The number of nitrogens with zero attached hydrogens (tertiary/aromatic N) is 1. The number of amides is 2. The number of ether oxygens (including phenoxy) is 2. The SMILES string of the molecule is CC[C@H](C)NC(=O)[C@H](C)N(Cc1ccc(OC)cc1)C(=O)COc1cccc(C)c1. The van der Waals surface area contributed by atoms with Crippen LogP contribution in [0.5, 0.6) is 11.5 Å². The van der Waals surface area contributed by atoms with Crippen molar-refractivity contribution >= 4 is 11.8 Å². The van der Waals surface area contributed by atoms with Crippen molar-refractivity contribution in [2.75, 3.05) is 13.7 Å². The van der Waals surface area contributed by atoms with Gasteiger partial charge in [-0.05, 0) is 62.6 Å². The molecule has 0 saturated heterocycles. The molecule has 0 fully saturated rings. The Balaban J connectivity index is 2.15. The molecule has 0 heterocycles. The third-order valence-corrected chi connectivity index (χ3v) is 5.03. The fourth-order valence-corrected chi connectivity index (χ4v) is 2.91. The first-order valence-corrected chi connectivity index (χ1v) is 10.3. The third kappa shape index (κ3) is 6.79. The van der Waals surface area contributed by atoms with Crippen molar-refractivity contribution in [1.29, 1.82) is 0 Å². The second-order valence-corrected chi connectivity index (χ2v) is 7.47. The van der Waals surface area contributed by atoms with Gasteiger partial charge in [-0.15, -0.1) is 0 Å². The van der Waals surface area contributed by atoms with Crippen LogP contribution in [0.15, 0.2) is 48.5 Å². The molecule has 6 nitrogen and oxygen atoms in total. The third-order valence-electron chi connectivity index (χ3n) is 5.03. The first-order chi connectivity index (χ1) is 14.3. The Bertz CT molecular complexity index is 835. The zero-order valence-electron chi connectivity index (χ0n) is 18.5. The molecule has 0 aliphatic heterocycles. The maximum Gasteiger partial charge on any atom is 0.261 e. The summed E-state index contributed by atoms with van der Waals surface area (Å²) in [6, 6.07) is 14.4. The minimum Gasteiger partial charge on any atom is -0.497 e. The van der Waals surface area contributed by atoms with Crippen molar-refractivity contribution in [1.82, 2.24) is 10.2 Å². The predicted molar refractivity (Wildman–Crippen MR) is 118 cm³/mol. The molecule has 0 spiro atoms. The molecule has 0 aromatic heterocycles. The van der Waals surface area contributed by atoms with Gasteiger partial charge in [-0.1, -0.05) is 31.2 Å². The summed E-state index contributed by atoms with van der Waals surface area (Å²) in [7, 11) is 1.61. The fraction of sp³-hybridized carbons (Fsp3) is 0.417. The summed E-state index contributed by atoms with van der Waals surface area (Å²) in [6.07, 6.45) is 0.821. The van der Waals surface area contributed by atoms with Gasteiger partial charge in [-0.2, -0.15) is 0 Å². The van der Waals surface area contributed by atoms with Crippen LogP contribution in [-0.2, 0) is 16.1 Å². The lowest BCUT2D eigenvalue weighted by atomic mass is 10.1. The first kappa shape index (κ1) is 23.3. The number of nitrogens with one attached hydrogen (secondary N) is 1. The zero-order valence-corrected chi connectivity index (χ0v) is 18.5. The van der Waals surface area contributed by atoms with Crippen LogP contribution in [0.2, 0.25) is 0 Å². The minimum atomic E-state index is -0.630. The number of hydrogen-bond acceptors (Lipinski definition) is 4. The van der Waals surface area contributed by atoms with Crippen LogP contribution >= 0.6 is 0 Å². The summed E-state index contributed by atoms with van der Waals surface area (Å²) < 4.78 is 10.9. The molecule has 30 heavy (non-hydrogen) atoms. The van der Waals surface area contributed by atoms with E-state index >= 15 is 0 Å². The smallest absolute Gasteiger partial charge is 0.261 e. The number of hydrogen-bond donors (Lipinski definition) is 1. The highest BCUT2D eigenvalue weighted by atomic mass is 16.5. The summed E-state index contributed by atoms with van der Waals surface area (Å²) in [5.41, 5.74) is 1.96. The summed E-state index contributed by atoms with van der Waals surface area (Å²) in [6.45, 7) is 7.82. The number of aryl methyl sites for hydroxylation is 1. The van der Waals surface area contributed by atoms with E-state index in [1.807, 2.05) is 69.3 Å². The van der Waals surface area contributed by atoms with E-state index in [-0.39, 0.29) is 24.5 Å². The normalized spacial score (nSPS) is 12.6. The average molecular weight is 413 g/mol. The van der Waals surface area contributed by atoms with E-state index in [0.717, 1.165) is 23.3 Å². The van der Waals surface area contributed by atoms with Gasteiger partial charge in [0.15, 0.2) is 6.61 Å². The van der Waals surface area contributed by atoms with Crippen LogP contribution in [0, 0.1) is 6.92 Å². The van der Waals surface area contributed by atoms with Gasteiger partial charge in [0.2, 0.25) is 5.91 Å². The number of benzene rings is 2. The van der Waals surface area contributed by atoms with Gasteiger partial charge >= 0.3 is 0 Å².